The first-order valence-corrected chi connectivity index (χ1v) is 7.29. The summed E-state index contributed by atoms with van der Waals surface area (Å²) >= 11 is 0. The molecule has 1 aliphatic rings. The maximum absolute atomic E-state index is 11.3. The van der Waals surface area contributed by atoms with Gasteiger partial charge in [-0.2, -0.15) is 0 Å². The van der Waals surface area contributed by atoms with Gasteiger partial charge in [-0.15, -0.1) is 0 Å². The van der Waals surface area contributed by atoms with Gasteiger partial charge in [-0.25, -0.2) is 0 Å². The molecule has 0 aliphatic heterocycles. The Hall–Kier alpha value is -0.530. The van der Waals surface area contributed by atoms with Crippen molar-refractivity contribution < 1.29 is 9.90 Å². The van der Waals surface area contributed by atoms with E-state index in [9.17, 15) is 9.90 Å². The molecular formula is C15H28O2. The minimum absolute atomic E-state index is 0.0677. The van der Waals surface area contributed by atoms with Crippen LogP contribution in [0.4, 0.5) is 0 Å². The third-order valence-electron chi connectivity index (χ3n) is 4.46. The van der Waals surface area contributed by atoms with E-state index in [2.05, 4.69) is 20.8 Å². The molecule has 3 unspecified atom stereocenters. The minimum Gasteiger partial charge on any atom is -0.481 e. The fourth-order valence-corrected chi connectivity index (χ4v) is 3.21. The average Bonchev–Trinajstić information content (AvgIpc) is 2.28. The molecule has 0 amide bonds. The fraction of sp³-hybridized carbons (Fsp3) is 0.933. The predicted molar refractivity (Wildman–Crippen MR) is 70.9 cm³/mol. The zero-order valence-corrected chi connectivity index (χ0v) is 11.6. The topological polar surface area (TPSA) is 37.3 Å². The van der Waals surface area contributed by atoms with Crippen LogP contribution in [0.25, 0.3) is 0 Å². The van der Waals surface area contributed by atoms with Gasteiger partial charge in [0.1, 0.15) is 0 Å². The normalized spacial score (nSPS) is 29.5. The highest BCUT2D eigenvalue weighted by atomic mass is 16.4. The largest absolute Gasteiger partial charge is 0.481 e. The van der Waals surface area contributed by atoms with Crippen LogP contribution in [0, 0.1) is 23.7 Å². The Morgan fingerprint density at radius 1 is 1.29 bits per heavy atom. The second-order valence-electron chi connectivity index (χ2n) is 6.02. The van der Waals surface area contributed by atoms with Crippen molar-refractivity contribution in [1.82, 2.24) is 0 Å². The summed E-state index contributed by atoms with van der Waals surface area (Å²) in [6.07, 6.45) is 7.93. The summed E-state index contributed by atoms with van der Waals surface area (Å²) in [5, 5.41) is 9.29. The van der Waals surface area contributed by atoms with Gasteiger partial charge in [0, 0.05) is 0 Å². The smallest absolute Gasteiger partial charge is 0.306 e. The van der Waals surface area contributed by atoms with Gasteiger partial charge >= 0.3 is 5.97 Å². The molecule has 2 heteroatoms. The molecule has 100 valence electrons. The summed E-state index contributed by atoms with van der Waals surface area (Å²) in [6.45, 7) is 6.75. The summed E-state index contributed by atoms with van der Waals surface area (Å²) in [6, 6.07) is 0. The molecule has 0 spiro atoms. The van der Waals surface area contributed by atoms with E-state index < -0.39 is 5.97 Å². The van der Waals surface area contributed by atoms with Gasteiger partial charge in [-0.1, -0.05) is 40.0 Å². The van der Waals surface area contributed by atoms with Gasteiger partial charge < -0.3 is 5.11 Å². The number of aliphatic carboxylic acids is 1. The van der Waals surface area contributed by atoms with Crippen LogP contribution in [0.2, 0.25) is 0 Å². The maximum Gasteiger partial charge on any atom is 0.306 e. The lowest BCUT2D eigenvalue weighted by Crippen LogP contribution is -2.32. The van der Waals surface area contributed by atoms with E-state index in [0.29, 0.717) is 11.8 Å². The molecule has 0 saturated heterocycles. The molecule has 1 aliphatic carbocycles. The van der Waals surface area contributed by atoms with Gasteiger partial charge in [-0.05, 0) is 43.4 Å². The van der Waals surface area contributed by atoms with Crippen LogP contribution in [0.3, 0.4) is 0 Å². The van der Waals surface area contributed by atoms with E-state index in [-0.39, 0.29) is 5.92 Å². The third-order valence-corrected chi connectivity index (χ3v) is 4.46. The minimum atomic E-state index is -0.561. The lowest BCUT2D eigenvalue weighted by molar-refractivity contribution is -0.145. The predicted octanol–water partition coefficient (Wildman–Crippen LogP) is 4.34. The lowest BCUT2D eigenvalue weighted by atomic mass is 9.69. The lowest BCUT2D eigenvalue weighted by Gasteiger charge is -2.36. The molecule has 0 aromatic rings. The van der Waals surface area contributed by atoms with Crippen molar-refractivity contribution in [1.29, 1.82) is 0 Å². The molecule has 3 atom stereocenters. The molecule has 1 rings (SSSR count). The van der Waals surface area contributed by atoms with Crippen LogP contribution >= 0.6 is 0 Å². The first-order valence-electron chi connectivity index (χ1n) is 7.29. The number of unbranched alkanes of at least 4 members (excludes halogenated alkanes) is 2. The van der Waals surface area contributed by atoms with Crippen molar-refractivity contribution in [2.45, 2.75) is 65.7 Å². The summed E-state index contributed by atoms with van der Waals surface area (Å²) in [5.41, 5.74) is 0. The van der Waals surface area contributed by atoms with Gasteiger partial charge in [0.25, 0.3) is 0 Å². The summed E-state index contributed by atoms with van der Waals surface area (Å²) < 4.78 is 0. The molecule has 0 heterocycles. The Kier molecular flexibility index (Phi) is 6.01. The van der Waals surface area contributed by atoms with Crippen LogP contribution in [0.1, 0.15) is 65.7 Å². The number of hydrogen-bond acceptors (Lipinski definition) is 1. The molecule has 1 N–H and O–H groups in total. The highest BCUT2D eigenvalue weighted by molar-refractivity contribution is 5.70. The second kappa shape index (κ2) is 7.03. The zero-order chi connectivity index (χ0) is 12.8. The SMILES string of the molecule is CCCCCC1CC(C(C)C)CCC1C(=O)O. The van der Waals surface area contributed by atoms with Crippen molar-refractivity contribution in [3.63, 3.8) is 0 Å². The van der Waals surface area contributed by atoms with Crippen LogP contribution in [-0.4, -0.2) is 11.1 Å². The number of carboxylic acid groups (broad SMARTS) is 1. The monoisotopic (exact) mass is 240 g/mol. The summed E-state index contributed by atoms with van der Waals surface area (Å²) in [4.78, 5) is 11.3. The standard InChI is InChI=1S/C15H28O2/c1-4-5-6-7-13-10-12(11(2)3)8-9-14(13)15(16)17/h11-14H,4-10H2,1-3H3,(H,16,17). The van der Waals surface area contributed by atoms with Crippen LogP contribution < -0.4 is 0 Å². The van der Waals surface area contributed by atoms with Gasteiger partial charge in [-0.3, -0.25) is 4.79 Å². The highest BCUT2D eigenvalue weighted by Crippen LogP contribution is 2.40. The molecule has 2 nitrogen and oxygen atoms in total. The molecule has 0 aromatic heterocycles. The van der Waals surface area contributed by atoms with Crippen molar-refractivity contribution in [2.24, 2.45) is 23.7 Å². The summed E-state index contributed by atoms with van der Waals surface area (Å²) in [5.74, 6) is 1.26. The Labute approximate surface area is 106 Å². The second-order valence-corrected chi connectivity index (χ2v) is 6.02. The van der Waals surface area contributed by atoms with E-state index in [0.717, 1.165) is 31.6 Å². The van der Waals surface area contributed by atoms with E-state index >= 15 is 0 Å². The molecule has 0 bridgehead atoms. The molecule has 17 heavy (non-hydrogen) atoms. The number of carbonyl (C=O) groups is 1. The quantitative estimate of drug-likeness (QED) is 0.701. The van der Waals surface area contributed by atoms with Crippen molar-refractivity contribution in [3.05, 3.63) is 0 Å². The zero-order valence-electron chi connectivity index (χ0n) is 11.6. The first kappa shape index (κ1) is 14.5. The van der Waals surface area contributed by atoms with Gasteiger partial charge in [0.2, 0.25) is 0 Å². The fourth-order valence-electron chi connectivity index (χ4n) is 3.21. The summed E-state index contributed by atoms with van der Waals surface area (Å²) in [7, 11) is 0. The van der Waals surface area contributed by atoms with Gasteiger partial charge in [0.15, 0.2) is 0 Å². The van der Waals surface area contributed by atoms with Crippen molar-refractivity contribution in [2.75, 3.05) is 0 Å². The maximum atomic E-state index is 11.3. The first-order chi connectivity index (χ1) is 8.06. The van der Waals surface area contributed by atoms with Crippen molar-refractivity contribution >= 4 is 5.97 Å². The van der Waals surface area contributed by atoms with Crippen LogP contribution in [0.5, 0.6) is 0 Å². The Bertz CT molecular complexity index is 235. The number of carboxylic acids is 1. The average molecular weight is 240 g/mol. The van der Waals surface area contributed by atoms with Crippen molar-refractivity contribution in [3.8, 4) is 0 Å². The van der Waals surface area contributed by atoms with E-state index in [4.69, 9.17) is 0 Å². The van der Waals surface area contributed by atoms with E-state index in [1.165, 1.54) is 19.3 Å². The number of rotatable bonds is 6. The Balaban J connectivity index is 2.53. The molecule has 0 aromatic carbocycles. The highest BCUT2D eigenvalue weighted by Gasteiger charge is 2.35. The van der Waals surface area contributed by atoms with E-state index in [1.807, 2.05) is 0 Å². The Morgan fingerprint density at radius 2 is 2.00 bits per heavy atom. The molecule has 1 fully saturated rings. The third kappa shape index (κ3) is 4.33. The van der Waals surface area contributed by atoms with Crippen LogP contribution in [0.15, 0.2) is 0 Å². The molecule has 0 radical (unpaired) electrons. The van der Waals surface area contributed by atoms with Gasteiger partial charge in [0.05, 0.1) is 5.92 Å². The van der Waals surface area contributed by atoms with E-state index in [1.54, 1.807) is 0 Å². The molecular weight excluding hydrogens is 212 g/mol. The molecule has 1 saturated carbocycles. The number of hydrogen-bond donors (Lipinski definition) is 1. The van der Waals surface area contributed by atoms with Crippen LogP contribution in [-0.2, 0) is 4.79 Å². The Morgan fingerprint density at radius 3 is 2.53 bits per heavy atom.